The zero-order valence-electron chi connectivity index (χ0n) is 17.5. The second kappa shape index (κ2) is 10.2. The van der Waals surface area contributed by atoms with Gasteiger partial charge in [-0.05, 0) is 42.8 Å². The lowest BCUT2D eigenvalue weighted by Gasteiger charge is -2.09. The van der Waals surface area contributed by atoms with Crippen LogP contribution in [0.3, 0.4) is 0 Å². The molecule has 2 aromatic carbocycles. The number of aromatic nitrogens is 3. The van der Waals surface area contributed by atoms with E-state index in [2.05, 4.69) is 10.2 Å². The summed E-state index contributed by atoms with van der Waals surface area (Å²) in [5.41, 5.74) is 1.69. The average molecular weight is 428 g/mol. The van der Waals surface area contributed by atoms with Gasteiger partial charge in [0.2, 0.25) is 0 Å². The number of benzene rings is 2. The van der Waals surface area contributed by atoms with Crippen LogP contribution in [0, 0.1) is 0 Å². The molecule has 0 radical (unpaired) electrons. The molecule has 158 valence electrons. The van der Waals surface area contributed by atoms with Crippen LogP contribution in [0.25, 0.3) is 0 Å². The number of ether oxygens (including phenoxy) is 3. The van der Waals surface area contributed by atoms with Crippen molar-refractivity contribution < 1.29 is 19.0 Å². The Hall–Kier alpha value is -3.00. The van der Waals surface area contributed by atoms with Crippen molar-refractivity contribution >= 4 is 17.5 Å². The summed E-state index contributed by atoms with van der Waals surface area (Å²) >= 11 is 1.38. The molecule has 0 N–H and O–H groups in total. The Morgan fingerprint density at radius 1 is 0.967 bits per heavy atom. The van der Waals surface area contributed by atoms with Crippen molar-refractivity contribution in [1.82, 2.24) is 14.8 Å². The van der Waals surface area contributed by atoms with Gasteiger partial charge in [0.05, 0.1) is 27.1 Å². The lowest BCUT2D eigenvalue weighted by molar-refractivity contribution is 0.102. The molecule has 1 heterocycles. The lowest BCUT2D eigenvalue weighted by atomic mass is 10.1. The molecule has 0 aliphatic rings. The number of thioether (sulfide) groups is 1. The van der Waals surface area contributed by atoms with Crippen molar-refractivity contribution in [2.75, 3.05) is 27.1 Å². The van der Waals surface area contributed by atoms with Crippen molar-refractivity contribution in [3.8, 4) is 17.2 Å². The van der Waals surface area contributed by atoms with Crippen LogP contribution in [0.15, 0.2) is 47.6 Å². The molecule has 8 heteroatoms. The van der Waals surface area contributed by atoms with E-state index in [1.54, 1.807) is 39.5 Å². The van der Waals surface area contributed by atoms with Gasteiger partial charge in [-0.2, -0.15) is 0 Å². The van der Waals surface area contributed by atoms with Crippen molar-refractivity contribution in [2.45, 2.75) is 25.0 Å². The molecule has 0 spiro atoms. The highest BCUT2D eigenvalue weighted by Crippen LogP contribution is 2.28. The summed E-state index contributed by atoms with van der Waals surface area (Å²) in [4.78, 5) is 12.7. The van der Waals surface area contributed by atoms with Gasteiger partial charge in [-0.25, -0.2) is 0 Å². The molecular formula is C22H25N3O4S. The number of Topliss-reactive ketones (excluding diaryl/α,β-unsaturated/α-hetero) is 1. The highest BCUT2D eigenvalue weighted by atomic mass is 32.2. The summed E-state index contributed by atoms with van der Waals surface area (Å²) in [7, 11) is 4.76. The Balaban J connectivity index is 1.69. The second-order valence-electron chi connectivity index (χ2n) is 6.45. The fraction of sp³-hybridized carbons (Fsp3) is 0.318. The van der Waals surface area contributed by atoms with Crippen LogP contribution in [-0.4, -0.2) is 47.6 Å². The Morgan fingerprint density at radius 2 is 1.70 bits per heavy atom. The number of methoxy groups -OCH3 is 3. The molecule has 0 aliphatic carbocycles. The predicted molar refractivity (Wildman–Crippen MR) is 116 cm³/mol. The van der Waals surface area contributed by atoms with Crippen LogP contribution >= 0.6 is 11.8 Å². The SMILES string of the molecule is CCn1c(Cc2ccc(OC)cc2)nnc1SCC(=O)c1ccc(OC)c(OC)c1. The van der Waals surface area contributed by atoms with Gasteiger partial charge < -0.3 is 18.8 Å². The van der Waals surface area contributed by atoms with Gasteiger partial charge in [0.25, 0.3) is 0 Å². The smallest absolute Gasteiger partial charge is 0.191 e. The number of rotatable bonds is 10. The quantitative estimate of drug-likeness (QED) is 0.359. The fourth-order valence-electron chi connectivity index (χ4n) is 3.02. The largest absolute Gasteiger partial charge is 0.497 e. The molecule has 0 amide bonds. The number of hydrogen-bond donors (Lipinski definition) is 0. The number of carbonyl (C=O) groups is 1. The summed E-state index contributed by atoms with van der Waals surface area (Å²) in [5, 5.41) is 9.37. The summed E-state index contributed by atoms with van der Waals surface area (Å²) in [5.74, 6) is 3.06. The third-order valence-corrected chi connectivity index (χ3v) is 5.64. The molecule has 0 saturated carbocycles. The van der Waals surface area contributed by atoms with Crippen LogP contribution in [0.5, 0.6) is 17.2 Å². The molecular weight excluding hydrogens is 402 g/mol. The van der Waals surface area contributed by atoms with Crippen molar-refractivity contribution in [3.63, 3.8) is 0 Å². The average Bonchev–Trinajstić information content (AvgIpc) is 3.18. The zero-order valence-corrected chi connectivity index (χ0v) is 18.4. The van der Waals surface area contributed by atoms with E-state index >= 15 is 0 Å². The number of hydrogen-bond acceptors (Lipinski definition) is 7. The maximum atomic E-state index is 12.7. The van der Waals surface area contributed by atoms with Crippen molar-refractivity contribution in [3.05, 3.63) is 59.4 Å². The van der Waals surface area contributed by atoms with E-state index in [0.717, 1.165) is 28.8 Å². The summed E-state index contributed by atoms with van der Waals surface area (Å²) < 4.78 is 17.7. The van der Waals surface area contributed by atoms with Gasteiger partial charge in [-0.3, -0.25) is 4.79 Å². The second-order valence-corrected chi connectivity index (χ2v) is 7.39. The van der Waals surface area contributed by atoms with E-state index in [9.17, 15) is 4.79 Å². The highest BCUT2D eigenvalue weighted by molar-refractivity contribution is 7.99. The van der Waals surface area contributed by atoms with Gasteiger partial charge in [-0.1, -0.05) is 23.9 Å². The van der Waals surface area contributed by atoms with Gasteiger partial charge in [0.1, 0.15) is 11.6 Å². The van der Waals surface area contributed by atoms with Crippen LogP contribution in [-0.2, 0) is 13.0 Å². The minimum absolute atomic E-state index is 0.0108. The van der Waals surface area contributed by atoms with Crippen LogP contribution in [0.1, 0.15) is 28.7 Å². The molecule has 0 fully saturated rings. The number of nitrogens with zero attached hydrogens (tertiary/aromatic N) is 3. The summed E-state index contributed by atoms with van der Waals surface area (Å²) in [6.45, 7) is 2.77. The van der Waals surface area contributed by atoms with Gasteiger partial charge in [0.15, 0.2) is 22.4 Å². The minimum atomic E-state index is -0.0108. The van der Waals surface area contributed by atoms with E-state index in [0.29, 0.717) is 23.5 Å². The third kappa shape index (κ3) is 4.94. The first-order chi connectivity index (χ1) is 14.6. The maximum absolute atomic E-state index is 12.7. The highest BCUT2D eigenvalue weighted by Gasteiger charge is 2.16. The van der Waals surface area contributed by atoms with E-state index in [1.807, 2.05) is 35.8 Å². The molecule has 3 rings (SSSR count). The van der Waals surface area contributed by atoms with E-state index in [-0.39, 0.29) is 11.5 Å². The van der Waals surface area contributed by atoms with E-state index in [4.69, 9.17) is 14.2 Å². The normalized spacial score (nSPS) is 10.7. The van der Waals surface area contributed by atoms with Gasteiger partial charge >= 0.3 is 0 Å². The van der Waals surface area contributed by atoms with E-state index < -0.39 is 0 Å². The number of carbonyl (C=O) groups excluding carboxylic acids is 1. The zero-order chi connectivity index (χ0) is 21.5. The van der Waals surface area contributed by atoms with Crippen LogP contribution < -0.4 is 14.2 Å². The third-order valence-electron chi connectivity index (χ3n) is 4.67. The Labute approximate surface area is 180 Å². The molecule has 0 unspecified atom stereocenters. The van der Waals surface area contributed by atoms with Gasteiger partial charge in [-0.15, -0.1) is 10.2 Å². The van der Waals surface area contributed by atoms with Crippen LogP contribution in [0.4, 0.5) is 0 Å². The topological polar surface area (TPSA) is 75.5 Å². The first-order valence-electron chi connectivity index (χ1n) is 9.52. The minimum Gasteiger partial charge on any atom is -0.497 e. The standard InChI is InChI=1S/C22H25N3O4S/c1-5-25-21(12-15-6-9-17(27-2)10-7-15)23-24-22(25)30-14-18(26)16-8-11-19(28-3)20(13-16)29-4/h6-11,13H,5,12,14H2,1-4H3. The Bertz CT molecular complexity index is 1000. The van der Waals surface area contributed by atoms with Crippen molar-refractivity contribution in [2.24, 2.45) is 0 Å². The Morgan fingerprint density at radius 3 is 2.33 bits per heavy atom. The monoisotopic (exact) mass is 427 g/mol. The maximum Gasteiger partial charge on any atom is 0.191 e. The van der Waals surface area contributed by atoms with Crippen molar-refractivity contribution in [1.29, 1.82) is 0 Å². The van der Waals surface area contributed by atoms with Crippen LogP contribution in [0.2, 0.25) is 0 Å². The molecule has 7 nitrogen and oxygen atoms in total. The molecule has 0 bridgehead atoms. The first-order valence-corrected chi connectivity index (χ1v) is 10.5. The summed E-state index contributed by atoms with van der Waals surface area (Å²) in [6, 6.07) is 13.1. The molecule has 30 heavy (non-hydrogen) atoms. The molecule has 0 aliphatic heterocycles. The molecule has 1 aromatic heterocycles. The van der Waals surface area contributed by atoms with Gasteiger partial charge in [0, 0.05) is 18.5 Å². The first kappa shape index (κ1) is 21.7. The molecule has 0 saturated heterocycles. The lowest BCUT2D eigenvalue weighted by Crippen LogP contribution is -2.07. The molecule has 3 aromatic rings. The number of ketones is 1. The Kier molecular flexibility index (Phi) is 7.35. The fourth-order valence-corrected chi connectivity index (χ4v) is 3.94. The molecule has 0 atom stereocenters. The predicted octanol–water partition coefficient (Wildman–Crippen LogP) is 3.89. The van der Waals surface area contributed by atoms with E-state index in [1.165, 1.54) is 11.8 Å². The summed E-state index contributed by atoms with van der Waals surface area (Å²) in [6.07, 6.45) is 0.662.